The Morgan fingerprint density at radius 3 is 1.26 bits per heavy atom. The molecule has 0 N–H and O–H groups in total. The van der Waals surface area contributed by atoms with Crippen molar-refractivity contribution < 1.29 is 0 Å². The van der Waals surface area contributed by atoms with E-state index in [2.05, 4.69) is 178 Å². The van der Waals surface area contributed by atoms with Crippen LogP contribution in [0, 0.1) is 0 Å². The highest BCUT2D eigenvalue weighted by atomic mass is 15.0. The lowest BCUT2D eigenvalue weighted by Crippen LogP contribution is -2.40. The van der Waals surface area contributed by atoms with Gasteiger partial charge in [0.2, 0.25) is 0 Å². The van der Waals surface area contributed by atoms with Gasteiger partial charge in [-0.2, -0.15) is 0 Å². The van der Waals surface area contributed by atoms with Gasteiger partial charge in [0.05, 0.1) is 5.41 Å². The number of hydrogen-bond donors (Lipinski definition) is 0. The van der Waals surface area contributed by atoms with Gasteiger partial charge in [-0.3, -0.25) is 0 Å². The highest BCUT2D eigenvalue weighted by Crippen LogP contribution is 2.63. The van der Waals surface area contributed by atoms with Crippen molar-refractivity contribution in [3.05, 3.63) is 252 Å². The van der Waals surface area contributed by atoms with Gasteiger partial charge in [0.25, 0.3) is 0 Å². The molecule has 2 aliphatic rings. The van der Waals surface area contributed by atoms with Gasteiger partial charge in [-0.25, -0.2) is 29.9 Å². The maximum absolute atomic E-state index is 5.34. The number of benzene rings is 9. The molecule has 2 aromatic heterocycles. The molecule has 2 heterocycles. The third kappa shape index (κ3) is 6.04. The van der Waals surface area contributed by atoms with Crippen molar-refractivity contribution in [2.24, 2.45) is 0 Å². The summed E-state index contributed by atoms with van der Waals surface area (Å²) in [6.07, 6.45) is 0. The van der Waals surface area contributed by atoms with Crippen LogP contribution in [0.4, 0.5) is 0 Å². The summed E-state index contributed by atoms with van der Waals surface area (Å²) in [4.78, 5) is 31.5. The van der Waals surface area contributed by atoms with Gasteiger partial charge in [0.1, 0.15) is 0 Å². The Labute approximate surface area is 394 Å². The van der Waals surface area contributed by atoms with Crippen LogP contribution in [-0.4, -0.2) is 29.9 Å². The zero-order valence-corrected chi connectivity index (χ0v) is 37.5. The van der Waals surface area contributed by atoms with Gasteiger partial charge in [-0.15, -0.1) is 0 Å². The average Bonchev–Trinajstić information content (AvgIpc) is 3.71. The summed E-state index contributed by atoms with van der Waals surface area (Å²) in [6.45, 7) is 4.71. The first kappa shape index (κ1) is 39.6. The van der Waals surface area contributed by atoms with Crippen LogP contribution in [0.5, 0.6) is 0 Å². The van der Waals surface area contributed by atoms with E-state index in [-0.39, 0.29) is 5.41 Å². The quantitative estimate of drug-likeness (QED) is 0.166. The third-order valence-electron chi connectivity index (χ3n) is 14.1. The van der Waals surface area contributed by atoms with Crippen LogP contribution in [0.3, 0.4) is 0 Å². The fourth-order valence-electron chi connectivity index (χ4n) is 11.0. The number of hydrogen-bond acceptors (Lipinski definition) is 6. The summed E-state index contributed by atoms with van der Waals surface area (Å²) in [5, 5.41) is 2.21. The maximum atomic E-state index is 5.34. The van der Waals surface area contributed by atoms with E-state index in [1.54, 1.807) is 0 Å². The normalized spacial score (nSPS) is 13.7. The molecule has 6 nitrogen and oxygen atoms in total. The summed E-state index contributed by atoms with van der Waals surface area (Å²) < 4.78 is 0. The van der Waals surface area contributed by atoms with Gasteiger partial charge in [0.15, 0.2) is 34.9 Å². The van der Waals surface area contributed by atoms with E-state index in [9.17, 15) is 0 Å². The number of fused-ring (bicyclic) bond motifs is 10. The van der Waals surface area contributed by atoms with Gasteiger partial charge >= 0.3 is 0 Å². The Morgan fingerprint density at radius 2 is 0.691 bits per heavy atom. The lowest BCUT2D eigenvalue weighted by atomic mass is 9.55. The molecule has 1 spiro atoms. The molecule has 0 saturated carbocycles. The highest BCUT2D eigenvalue weighted by Gasteiger charge is 2.54. The molecule has 0 unspecified atom stereocenters. The smallest absolute Gasteiger partial charge is 0.164 e. The second kappa shape index (κ2) is 15.4. The molecule has 68 heavy (non-hydrogen) atoms. The summed E-state index contributed by atoms with van der Waals surface area (Å²) in [5.41, 5.74) is 14.2. The molecule has 13 rings (SSSR count). The van der Waals surface area contributed by atoms with Gasteiger partial charge in [-0.1, -0.05) is 226 Å². The second-order valence-electron chi connectivity index (χ2n) is 18.2. The zero-order valence-electron chi connectivity index (χ0n) is 37.5. The fourth-order valence-corrected chi connectivity index (χ4v) is 11.0. The lowest BCUT2D eigenvalue weighted by molar-refractivity contribution is 0.563. The largest absolute Gasteiger partial charge is 0.208 e. The highest BCUT2D eigenvalue weighted by molar-refractivity contribution is 5.98. The van der Waals surface area contributed by atoms with Crippen LogP contribution in [0.1, 0.15) is 47.2 Å². The molecule has 6 heteroatoms. The van der Waals surface area contributed by atoms with Crippen LogP contribution in [-0.2, 0) is 10.8 Å². The first-order chi connectivity index (χ1) is 33.5. The van der Waals surface area contributed by atoms with Crippen LogP contribution >= 0.6 is 0 Å². The Balaban J connectivity index is 1.12. The molecule has 320 valence electrons. The predicted octanol–water partition coefficient (Wildman–Crippen LogP) is 14.2. The molecule has 11 aromatic rings. The SMILES string of the molecule is CC1(C)c2ccccc2C2(c3ccc(-c4nc(-c5ccccc5)nc(-c5cccc6ccccc56)n4)cc3-c3c(-c4nc(-c5ccccc5)nc(-c5ccccc5)n4)cccc32)c2ccccc21. The molecular weight excluding hydrogens is 829 g/mol. The third-order valence-corrected chi connectivity index (χ3v) is 14.1. The summed E-state index contributed by atoms with van der Waals surface area (Å²) in [7, 11) is 0. The molecule has 2 aliphatic carbocycles. The lowest BCUT2D eigenvalue weighted by Gasteiger charge is -2.46. The van der Waals surface area contributed by atoms with E-state index in [1.165, 1.54) is 33.4 Å². The molecule has 0 aliphatic heterocycles. The average molecular weight is 871 g/mol. The standard InChI is InChI=1S/C62H42N6/c1-61(2)49-31-14-16-33-51(49)62(52-34-17-15-32-50(52)61)48-37-36-43(58-64-57(42-25-10-5-11-26-42)65-59(68-58)45-29-18-27-39-20-12-13-28-44(39)45)38-47(48)54-46(30-19-35-53(54)62)60-66-55(40-21-6-3-7-22-40)63-56(67-60)41-23-8-4-9-24-41/h3-38H,1-2H3. The molecule has 0 fully saturated rings. The van der Waals surface area contributed by atoms with Gasteiger partial charge in [-0.05, 0) is 61.3 Å². The predicted molar refractivity (Wildman–Crippen MR) is 273 cm³/mol. The monoisotopic (exact) mass is 870 g/mol. The first-order valence-corrected chi connectivity index (χ1v) is 23.1. The maximum Gasteiger partial charge on any atom is 0.164 e. The minimum Gasteiger partial charge on any atom is -0.208 e. The van der Waals surface area contributed by atoms with Crippen molar-refractivity contribution in [2.45, 2.75) is 24.7 Å². The number of nitrogens with zero attached hydrogens (tertiary/aromatic N) is 6. The van der Waals surface area contributed by atoms with Gasteiger partial charge < -0.3 is 0 Å². The van der Waals surface area contributed by atoms with E-state index in [0.29, 0.717) is 34.9 Å². The molecule has 9 aromatic carbocycles. The van der Waals surface area contributed by atoms with E-state index < -0.39 is 5.41 Å². The Hall–Kier alpha value is -8.74. The summed E-state index contributed by atoms with van der Waals surface area (Å²) >= 11 is 0. The van der Waals surface area contributed by atoms with Crippen molar-refractivity contribution in [3.63, 3.8) is 0 Å². The van der Waals surface area contributed by atoms with Crippen molar-refractivity contribution in [3.8, 4) is 79.5 Å². The molecule has 0 amide bonds. The molecule has 0 radical (unpaired) electrons. The van der Waals surface area contributed by atoms with E-state index in [1.807, 2.05) is 54.6 Å². The van der Waals surface area contributed by atoms with Crippen molar-refractivity contribution >= 4 is 10.8 Å². The Bertz CT molecular complexity index is 3660. The first-order valence-electron chi connectivity index (χ1n) is 23.1. The second-order valence-corrected chi connectivity index (χ2v) is 18.2. The number of aromatic nitrogens is 6. The molecular formula is C62H42N6. The zero-order chi connectivity index (χ0) is 45.4. The van der Waals surface area contributed by atoms with Crippen LogP contribution in [0.25, 0.3) is 90.2 Å². The van der Waals surface area contributed by atoms with Gasteiger partial charge in [0, 0.05) is 38.8 Å². The fraction of sp³-hybridized carbons (Fsp3) is 0.0645. The Morgan fingerprint density at radius 1 is 0.279 bits per heavy atom. The molecule has 0 bridgehead atoms. The van der Waals surface area contributed by atoms with Crippen molar-refractivity contribution in [1.82, 2.24) is 29.9 Å². The minimum atomic E-state index is -0.665. The topological polar surface area (TPSA) is 77.3 Å². The van der Waals surface area contributed by atoms with E-state index >= 15 is 0 Å². The molecule has 0 atom stereocenters. The summed E-state index contributed by atoms with van der Waals surface area (Å²) in [5.74, 6) is 3.65. The van der Waals surface area contributed by atoms with E-state index in [4.69, 9.17) is 29.9 Å². The van der Waals surface area contributed by atoms with Crippen LogP contribution in [0.2, 0.25) is 0 Å². The van der Waals surface area contributed by atoms with Crippen LogP contribution < -0.4 is 0 Å². The number of rotatable bonds is 6. The van der Waals surface area contributed by atoms with Crippen molar-refractivity contribution in [2.75, 3.05) is 0 Å². The minimum absolute atomic E-state index is 0.251. The van der Waals surface area contributed by atoms with E-state index in [0.717, 1.165) is 55.3 Å². The Kier molecular flexibility index (Phi) is 8.99. The van der Waals surface area contributed by atoms with Crippen LogP contribution in [0.15, 0.2) is 218 Å². The summed E-state index contributed by atoms with van der Waals surface area (Å²) in [6, 6.07) is 76.8. The molecule has 0 saturated heterocycles. The van der Waals surface area contributed by atoms with Crippen molar-refractivity contribution in [1.29, 1.82) is 0 Å².